The lowest BCUT2D eigenvalue weighted by molar-refractivity contribution is 0.0957. The molecular weight excluding hydrogens is 338 g/mol. The molecule has 1 aliphatic rings. The van der Waals surface area contributed by atoms with Crippen LogP contribution in [0.5, 0.6) is 0 Å². The van der Waals surface area contributed by atoms with Crippen molar-refractivity contribution < 1.29 is 21.6 Å². The lowest BCUT2D eigenvalue weighted by Gasteiger charge is -2.28. The summed E-state index contributed by atoms with van der Waals surface area (Å²) < 4.78 is 55.0. The zero-order valence-electron chi connectivity index (χ0n) is 11.5. The van der Waals surface area contributed by atoms with E-state index >= 15 is 0 Å². The van der Waals surface area contributed by atoms with E-state index in [0.29, 0.717) is 13.0 Å². The summed E-state index contributed by atoms with van der Waals surface area (Å²) in [7, 11) is -2.44. The normalized spacial score (nSPS) is 26.9. The Morgan fingerprint density at radius 2 is 1.71 bits per heavy atom. The number of rotatable bonds is 4. The Morgan fingerprint density at radius 3 is 2.14 bits per heavy atom. The molecule has 0 radical (unpaired) electrons. The summed E-state index contributed by atoms with van der Waals surface area (Å²) in [5.41, 5.74) is -0.684. The molecule has 1 saturated heterocycles. The Labute approximate surface area is 128 Å². The highest BCUT2D eigenvalue weighted by Gasteiger charge is 2.40. The van der Waals surface area contributed by atoms with Crippen LogP contribution in [0.3, 0.4) is 0 Å². The Morgan fingerprint density at radius 1 is 1.19 bits per heavy atom. The standard InChI is InChI=1S/C12H16ClNO5S2/c1-9-12(2,7-8-19-9)14-21(17,18)11-5-3-10(4-6-11)20(13,15)16/h3-6,9,14H,7-8H2,1-2H3. The first-order valence-electron chi connectivity index (χ1n) is 6.25. The van der Waals surface area contributed by atoms with Crippen molar-refractivity contribution in [3.63, 3.8) is 0 Å². The first kappa shape index (κ1) is 16.7. The summed E-state index contributed by atoms with van der Waals surface area (Å²) >= 11 is 0. The minimum absolute atomic E-state index is 0.0214. The van der Waals surface area contributed by atoms with E-state index in [9.17, 15) is 16.8 Å². The first-order chi connectivity index (χ1) is 9.55. The van der Waals surface area contributed by atoms with Crippen LogP contribution in [0.25, 0.3) is 0 Å². The van der Waals surface area contributed by atoms with Gasteiger partial charge < -0.3 is 4.74 Å². The van der Waals surface area contributed by atoms with Crippen molar-refractivity contribution in [2.24, 2.45) is 0 Å². The van der Waals surface area contributed by atoms with Crippen molar-refractivity contribution in [3.8, 4) is 0 Å². The zero-order chi connectivity index (χ0) is 15.9. The quantitative estimate of drug-likeness (QED) is 0.828. The SMILES string of the molecule is CC1OCCC1(C)NS(=O)(=O)c1ccc(S(=O)(=O)Cl)cc1. The second-order valence-corrected chi connectivity index (χ2v) is 9.44. The van der Waals surface area contributed by atoms with Gasteiger partial charge in [0.25, 0.3) is 9.05 Å². The first-order valence-corrected chi connectivity index (χ1v) is 10.0. The monoisotopic (exact) mass is 353 g/mol. The molecule has 0 spiro atoms. The second-order valence-electron chi connectivity index (χ2n) is 5.20. The van der Waals surface area contributed by atoms with Crippen LogP contribution >= 0.6 is 10.7 Å². The van der Waals surface area contributed by atoms with Gasteiger partial charge in [0, 0.05) is 17.3 Å². The van der Waals surface area contributed by atoms with Crippen LogP contribution in [0, 0.1) is 0 Å². The van der Waals surface area contributed by atoms with E-state index < -0.39 is 24.6 Å². The number of hydrogen-bond donors (Lipinski definition) is 1. The Balaban J connectivity index is 2.28. The molecular formula is C12H16ClNO5S2. The van der Waals surface area contributed by atoms with Gasteiger partial charge in [0.05, 0.1) is 21.4 Å². The summed E-state index contributed by atoms with van der Waals surface area (Å²) in [6.45, 7) is 4.07. The number of hydrogen-bond acceptors (Lipinski definition) is 5. The van der Waals surface area contributed by atoms with Gasteiger partial charge in [-0.05, 0) is 44.5 Å². The molecule has 9 heteroatoms. The predicted molar refractivity (Wildman–Crippen MR) is 78.2 cm³/mol. The van der Waals surface area contributed by atoms with Crippen LogP contribution in [-0.4, -0.2) is 35.1 Å². The molecule has 2 unspecified atom stereocenters. The molecule has 21 heavy (non-hydrogen) atoms. The van der Waals surface area contributed by atoms with E-state index in [0.717, 1.165) is 12.1 Å². The predicted octanol–water partition coefficient (Wildman–Crippen LogP) is 1.46. The van der Waals surface area contributed by atoms with E-state index in [2.05, 4.69) is 4.72 Å². The number of sulfonamides is 1. The van der Waals surface area contributed by atoms with Gasteiger partial charge in [0.1, 0.15) is 0 Å². The minimum Gasteiger partial charge on any atom is -0.376 e. The van der Waals surface area contributed by atoms with Gasteiger partial charge in [-0.3, -0.25) is 0 Å². The minimum atomic E-state index is -3.87. The molecule has 1 heterocycles. The molecule has 1 N–H and O–H groups in total. The Kier molecular flexibility index (Phi) is 4.38. The second kappa shape index (κ2) is 5.51. The van der Waals surface area contributed by atoms with Crippen molar-refractivity contribution in [2.75, 3.05) is 6.61 Å². The van der Waals surface area contributed by atoms with Crippen molar-refractivity contribution in [1.82, 2.24) is 4.72 Å². The van der Waals surface area contributed by atoms with Crippen LogP contribution in [-0.2, 0) is 23.8 Å². The highest BCUT2D eigenvalue weighted by atomic mass is 35.7. The van der Waals surface area contributed by atoms with Gasteiger partial charge in [0.2, 0.25) is 10.0 Å². The number of benzene rings is 1. The van der Waals surface area contributed by atoms with E-state index in [-0.39, 0.29) is 15.9 Å². The van der Waals surface area contributed by atoms with Gasteiger partial charge in [-0.1, -0.05) is 0 Å². The summed E-state index contributed by atoms with van der Waals surface area (Å²) in [6, 6.07) is 4.74. The lowest BCUT2D eigenvalue weighted by Crippen LogP contribution is -2.50. The number of ether oxygens (including phenoxy) is 1. The van der Waals surface area contributed by atoms with Gasteiger partial charge in [-0.25, -0.2) is 21.6 Å². The van der Waals surface area contributed by atoms with Gasteiger partial charge in [0.15, 0.2) is 0 Å². The molecule has 6 nitrogen and oxygen atoms in total. The van der Waals surface area contributed by atoms with E-state index in [4.69, 9.17) is 15.4 Å². The Bertz CT molecular complexity index is 729. The molecule has 0 saturated carbocycles. The van der Waals surface area contributed by atoms with Gasteiger partial charge in [-0.2, -0.15) is 0 Å². The van der Waals surface area contributed by atoms with Gasteiger partial charge in [-0.15, -0.1) is 0 Å². The summed E-state index contributed by atoms with van der Waals surface area (Å²) in [4.78, 5) is -0.168. The van der Waals surface area contributed by atoms with E-state index in [1.807, 2.05) is 0 Å². The average Bonchev–Trinajstić information content (AvgIpc) is 2.67. The maximum Gasteiger partial charge on any atom is 0.261 e. The van der Waals surface area contributed by atoms with E-state index in [1.54, 1.807) is 13.8 Å². The van der Waals surface area contributed by atoms with Gasteiger partial charge >= 0.3 is 0 Å². The fourth-order valence-electron chi connectivity index (χ4n) is 2.12. The number of nitrogens with one attached hydrogen (secondary N) is 1. The molecule has 118 valence electrons. The van der Waals surface area contributed by atoms with Crippen LogP contribution < -0.4 is 4.72 Å². The number of halogens is 1. The largest absolute Gasteiger partial charge is 0.376 e. The third-order valence-electron chi connectivity index (χ3n) is 3.67. The molecule has 0 aliphatic carbocycles. The van der Waals surface area contributed by atoms with Crippen LogP contribution in [0.1, 0.15) is 20.3 Å². The lowest BCUT2D eigenvalue weighted by atomic mass is 9.97. The molecule has 2 rings (SSSR count). The van der Waals surface area contributed by atoms with Crippen molar-refractivity contribution in [1.29, 1.82) is 0 Å². The molecule has 1 fully saturated rings. The van der Waals surface area contributed by atoms with E-state index in [1.165, 1.54) is 12.1 Å². The third kappa shape index (κ3) is 3.57. The van der Waals surface area contributed by atoms with Crippen LogP contribution in [0.15, 0.2) is 34.1 Å². The average molecular weight is 354 g/mol. The maximum atomic E-state index is 12.4. The van der Waals surface area contributed by atoms with Crippen molar-refractivity contribution in [3.05, 3.63) is 24.3 Å². The molecule has 1 aromatic rings. The van der Waals surface area contributed by atoms with Crippen LogP contribution in [0.2, 0.25) is 0 Å². The zero-order valence-corrected chi connectivity index (χ0v) is 13.9. The molecule has 0 bridgehead atoms. The molecule has 0 amide bonds. The van der Waals surface area contributed by atoms with Crippen LogP contribution in [0.4, 0.5) is 0 Å². The maximum absolute atomic E-state index is 12.4. The fraction of sp³-hybridized carbons (Fsp3) is 0.500. The molecule has 1 aliphatic heterocycles. The molecule has 0 aromatic heterocycles. The fourth-order valence-corrected chi connectivity index (χ4v) is 4.38. The smallest absolute Gasteiger partial charge is 0.261 e. The van der Waals surface area contributed by atoms with Crippen molar-refractivity contribution in [2.45, 2.75) is 41.7 Å². The molecule has 1 aromatic carbocycles. The summed E-state index contributed by atoms with van der Waals surface area (Å²) in [6.07, 6.45) is 0.330. The summed E-state index contributed by atoms with van der Waals surface area (Å²) in [5, 5.41) is 0. The van der Waals surface area contributed by atoms with Crippen molar-refractivity contribution >= 4 is 29.8 Å². The highest BCUT2D eigenvalue weighted by Crippen LogP contribution is 2.27. The topological polar surface area (TPSA) is 89.5 Å². The summed E-state index contributed by atoms with van der Waals surface area (Å²) in [5.74, 6) is 0. The Hall–Kier alpha value is -0.670. The highest BCUT2D eigenvalue weighted by molar-refractivity contribution is 8.13. The molecule has 2 atom stereocenters. The third-order valence-corrected chi connectivity index (χ3v) is 6.67.